The fourth-order valence-electron chi connectivity index (χ4n) is 7.64. The summed E-state index contributed by atoms with van der Waals surface area (Å²) in [6.45, 7) is 8.42. The summed E-state index contributed by atoms with van der Waals surface area (Å²) in [6, 6.07) is 19.6. The van der Waals surface area contributed by atoms with E-state index in [1.165, 1.54) is 26.6 Å². The number of rotatable bonds is 5. The molecule has 0 saturated carbocycles. The zero-order valence-electron chi connectivity index (χ0n) is 38.5. The van der Waals surface area contributed by atoms with E-state index in [1.807, 2.05) is 44.2 Å². The third-order valence-corrected chi connectivity index (χ3v) is 9.99. The van der Waals surface area contributed by atoms with Crippen LogP contribution in [0.4, 0.5) is 17.1 Å². The molecule has 0 heterocycles. The Balaban J connectivity index is 1.17. The van der Waals surface area contributed by atoms with Gasteiger partial charge in [0.05, 0.1) is 16.4 Å². The fraction of sp³-hybridized carbons (Fsp3) is 0.130. The second kappa shape index (κ2) is 10.0. The topological polar surface area (TPSA) is 3.24 Å². The third-order valence-electron chi connectivity index (χ3n) is 9.99. The van der Waals surface area contributed by atoms with E-state index in [4.69, 9.17) is 13.7 Å². The molecular formula is C46H37N. The molecule has 7 aromatic carbocycles. The van der Waals surface area contributed by atoms with Crippen LogP contribution in [0.1, 0.15) is 77.5 Å². The zero-order valence-corrected chi connectivity index (χ0v) is 26.5. The molecule has 0 spiro atoms. The van der Waals surface area contributed by atoms with Gasteiger partial charge in [0, 0.05) is 27.9 Å². The molecule has 0 unspecified atom stereocenters. The highest BCUT2D eigenvalue weighted by Crippen LogP contribution is 2.52. The van der Waals surface area contributed by atoms with E-state index < -0.39 is 65.8 Å². The first-order chi connectivity index (χ1) is 27.8. The second-order valence-electron chi connectivity index (χ2n) is 13.4. The number of hydrogen-bond donors (Lipinski definition) is 0. The first-order valence-electron chi connectivity index (χ1n) is 21.7. The molecule has 2 aliphatic rings. The minimum absolute atomic E-state index is 0.0646. The van der Waals surface area contributed by atoms with Crippen LogP contribution in [0.3, 0.4) is 0 Å². The van der Waals surface area contributed by atoms with Crippen LogP contribution in [0, 0.1) is 0 Å². The van der Waals surface area contributed by atoms with Gasteiger partial charge in [-0.2, -0.15) is 0 Å². The standard InChI is InChI=1S/C46H37N/c1-45(2)39-17-11-12-32-21-22-33-26-31(28-42(45)44(33)43(32)39)19-18-30-20-24-37-38-25-23-36(29-41(38)46(3,4)40(37)27-30)47(34-13-7-5-8-14-34)35-15-9-6-10-16-35/h5-29H,1-4H3/b19-18+/i5D,6D,7D,8D,9D,10D,13D,14D,15D,16D,18D,19D. The lowest BCUT2D eigenvalue weighted by Gasteiger charge is -2.28. The van der Waals surface area contributed by atoms with Crippen molar-refractivity contribution in [1.29, 1.82) is 0 Å². The Kier molecular flexibility index (Phi) is 3.86. The van der Waals surface area contributed by atoms with Gasteiger partial charge in [-0.25, -0.2) is 0 Å². The quantitative estimate of drug-likeness (QED) is 0.138. The van der Waals surface area contributed by atoms with E-state index >= 15 is 0 Å². The number of benzene rings is 7. The Labute approximate surface area is 294 Å². The molecule has 0 amide bonds. The Morgan fingerprint density at radius 2 is 1.09 bits per heavy atom. The van der Waals surface area contributed by atoms with Gasteiger partial charge >= 0.3 is 0 Å². The van der Waals surface area contributed by atoms with Gasteiger partial charge in [-0.3, -0.25) is 0 Å². The Hall–Kier alpha value is -5.40. The maximum Gasteiger partial charge on any atom is 0.0645 e. The van der Waals surface area contributed by atoms with Crippen LogP contribution in [0.5, 0.6) is 0 Å². The third kappa shape index (κ3) is 4.16. The Morgan fingerprint density at radius 1 is 0.511 bits per heavy atom. The van der Waals surface area contributed by atoms with Gasteiger partial charge in [0.2, 0.25) is 0 Å². The molecule has 226 valence electrons. The van der Waals surface area contributed by atoms with Crippen molar-refractivity contribution in [2.75, 3.05) is 4.90 Å². The minimum atomic E-state index is -0.722. The van der Waals surface area contributed by atoms with Crippen molar-refractivity contribution in [2.45, 2.75) is 38.5 Å². The summed E-state index contributed by atoms with van der Waals surface area (Å²) in [4.78, 5) is 1.17. The van der Waals surface area contributed by atoms with Crippen molar-refractivity contribution in [2.24, 2.45) is 0 Å². The number of para-hydroxylation sites is 2. The normalized spacial score (nSPS) is 19.1. The van der Waals surface area contributed by atoms with Gasteiger partial charge in [0.15, 0.2) is 0 Å². The summed E-state index contributed by atoms with van der Waals surface area (Å²) in [6.07, 6.45) is 0. The van der Waals surface area contributed by atoms with Crippen molar-refractivity contribution in [3.63, 3.8) is 0 Å². The monoisotopic (exact) mass is 615 g/mol. The molecule has 1 heteroatoms. The highest BCUT2D eigenvalue weighted by molar-refractivity contribution is 6.15. The lowest BCUT2D eigenvalue weighted by molar-refractivity contribution is 0.660. The summed E-state index contributed by atoms with van der Waals surface area (Å²) in [5, 5.41) is 4.65. The first kappa shape index (κ1) is 18.1. The van der Waals surface area contributed by atoms with Crippen LogP contribution in [0.25, 0.3) is 44.8 Å². The van der Waals surface area contributed by atoms with Crippen LogP contribution < -0.4 is 4.90 Å². The molecule has 0 fully saturated rings. The molecule has 0 aromatic heterocycles. The number of hydrogen-bond acceptors (Lipinski definition) is 1. The molecule has 0 N–H and O–H groups in total. The molecule has 2 aliphatic carbocycles. The molecular weight excluding hydrogens is 567 g/mol. The average Bonchev–Trinajstić information content (AvgIpc) is 3.60. The van der Waals surface area contributed by atoms with Gasteiger partial charge in [0.25, 0.3) is 0 Å². The zero-order chi connectivity index (χ0) is 42.4. The van der Waals surface area contributed by atoms with Crippen molar-refractivity contribution >= 4 is 50.7 Å². The first-order valence-corrected chi connectivity index (χ1v) is 15.7. The Bertz CT molecular complexity index is 2960. The van der Waals surface area contributed by atoms with Gasteiger partial charge in [-0.05, 0) is 108 Å². The SMILES string of the molecule is [2H]/C(=C(/[2H])c1cc2c3c(ccc4cccc(c43)C2(C)C)c1)c1ccc2c(c1)C(C)(C)c1cc(N(c3c([2H])c([2H])c([2H])c([2H])c3[2H])c3c([2H])c([2H])c([2H])c([2H])c3[2H])ccc1-2. The maximum atomic E-state index is 9.34. The minimum Gasteiger partial charge on any atom is -0.310 e. The van der Waals surface area contributed by atoms with Gasteiger partial charge < -0.3 is 4.90 Å². The lowest BCUT2D eigenvalue weighted by atomic mass is 9.81. The molecule has 7 aromatic rings. The van der Waals surface area contributed by atoms with Crippen molar-refractivity contribution in [3.05, 3.63) is 173 Å². The lowest BCUT2D eigenvalue weighted by Crippen LogP contribution is -2.16. The Morgan fingerprint density at radius 3 is 1.81 bits per heavy atom. The van der Waals surface area contributed by atoms with Gasteiger partial charge in [0.1, 0.15) is 0 Å². The molecule has 0 bridgehead atoms. The van der Waals surface area contributed by atoms with Crippen LogP contribution in [-0.2, 0) is 10.8 Å². The summed E-state index contributed by atoms with van der Waals surface area (Å²) in [7, 11) is 0. The van der Waals surface area contributed by atoms with Crippen molar-refractivity contribution in [1.82, 2.24) is 0 Å². The predicted molar refractivity (Wildman–Crippen MR) is 201 cm³/mol. The second-order valence-corrected chi connectivity index (χ2v) is 13.4. The summed E-state index contributed by atoms with van der Waals surface area (Å²) in [5.74, 6) is 0. The highest BCUT2D eigenvalue weighted by Gasteiger charge is 2.36. The highest BCUT2D eigenvalue weighted by atomic mass is 15.1. The number of anilines is 3. The fourth-order valence-corrected chi connectivity index (χ4v) is 7.64. The molecule has 0 atom stereocenters. The molecule has 47 heavy (non-hydrogen) atoms. The van der Waals surface area contributed by atoms with Crippen molar-refractivity contribution in [3.8, 4) is 11.1 Å². The van der Waals surface area contributed by atoms with Crippen molar-refractivity contribution < 1.29 is 16.4 Å². The van der Waals surface area contributed by atoms with E-state index in [0.717, 1.165) is 33.2 Å². The average molecular weight is 616 g/mol. The predicted octanol–water partition coefficient (Wildman–Crippen LogP) is 12.6. The van der Waals surface area contributed by atoms with E-state index in [1.54, 1.807) is 12.1 Å². The number of nitrogens with zero attached hydrogens (tertiary/aromatic N) is 1. The summed E-state index contributed by atoms with van der Waals surface area (Å²) >= 11 is 0. The van der Waals surface area contributed by atoms with Crippen LogP contribution in [0.2, 0.25) is 0 Å². The largest absolute Gasteiger partial charge is 0.310 e. The summed E-state index contributed by atoms with van der Waals surface area (Å²) < 4.78 is 104. The van der Waals surface area contributed by atoms with Gasteiger partial charge in [-0.15, -0.1) is 0 Å². The summed E-state index contributed by atoms with van der Waals surface area (Å²) in [5.41, 5.74) is 5.50. The van der Waals surface area contributed by atoms with E-state index in [0.29, 0.717) is 11.1 Å². The van der Waals surface area contributed by atoms with Crippen LogP contribution >= 0.6 is 0 Å². The molecule has 1 nitrogen and oxygen atoms in total. The molecule has 0 aliphatic heterocycles. The smallest absolute Gasteiger partial charge is 0.0645 e. The molecule has 0 radical (unpaired) electrons. The van der Waals surface area contributed by atoms with Crippen LogP contribution in [0.15, 0.2) is 139 Å². The van der Waals surface area contributed by atoms with E-state index in [-0.39, 0.29) is 34.6 Å². The van der Waals surface area contributed by atoms with E-state index in [9.17, 15) is 2.74 Å². The molecule has 9 rings (SSSR count). The maximum absolute atomic E-state index is 9.34. The van der Waals surface area contributed by atoms with Gasteiger partial charge in [-0.1, -0.05) is 137 Å². The van der Waals surface area contributed by atoms with E-state index in [2.05, 4.69) is 50.2 Å². The van der Waals surface area contributed by atoms with Crippen LogP contribution in [-0.4, -0.2) is 0 Å². The number of fused-ring (bicyclic) bond motifs is 3. The molecule has 0 saturated heterocycles.